The Balaban J connectivity index is 1.92. The molecule has 0 radical (unpaired) electrons. The van der Waals surface area contributed by atoms with Gasteiger partial charge in [0.1, 0.15) is 0 Å². The Labute approximate surface area is 110 Å². The molecule has 1 fully saturated rings. The summed E-state index contributed by atoms with van der Waals surface area (Å²) in [6.07, 6.45) is 2.80. The number of hydrogen-bond acceptors (Lipinski definition) is 3. The highest BCUT2D eigenvalue weighted by atomic mass is 16.3. The van der Waals surface area contributed by atoms with Crippen LogP contribution in [0.1, 0.15) is 37.8 Å². The number of nitrogens with two attached hydrogens (primary N) is 1. The predicted octanol–water partition coefficient (Wildman–Crippen LogP) is 2.30. The Morgan fingerprint density at radius 2 is 1.94 bits per heavy atom. The summed E-state index contributed by atoms with van der Waals surface area (Å²) in [6.45, 7) is 3.13. The fourth-order valence-corrected chi connectivity index (χ4v) is 2.55. The third kappa shape index (κ3) is 3.03. The van der Waals surface area contributed by atoms with Crippen LogP contribution in [0.4, 0.5) is 5.69 Å². The maximum Gasteiger partial charge on any atom is 0.0546 e. The van der Waals surface area contributed by atoms with Gasteiger partial charge >= 0.3 is 0 Å². The van der Waals surface area contributed by atoms with Gasteiger partial charge in [-0.1, -0.05) is 19.1 Å². The highest BCUT2D eigenvalue weighted by molar-refractivity contribution is 5.47. The summed E-state index contributed by atoms with van der Waals surface area (Å²) in [7, 11) is 2.11. The number of aliphatic hydroxyl groups excluding tert-OH is 1. The van der Waals surface area contributed by atoms with Crippen LogP contribution in [-0.4, -0.2) is 24.8 Å². The fourth-order valence-electron chi connectivity index (χ4n) is 2.55. The van der Waals surface area contributed by atoms with Crippen molar-refractivity contribution in [2.24, 2.45) is 11.7 Å². The molecule has 1 atom stereocenters. The molecular weight excluding hydrogens is 224 g/mol. The van der Waals surface area contributed by atoms with Crippen LogP contribution in [0.15, 0.2) is 24.3 Å². The van der Waals surface area contributed by atoms with Gasteiger partial charge in [-0.15, -0.1) is 0 Å². The van der Waals surface area contributed by atoms with Crippen molar-refractivity contribution in [2.45, 2.75) is 38.3 Å². The van der Waals surface area contributed by atoms with Gasteiger partial charge in [0.25, 0.3) is 0 Å². The number of nitrogens with zero attached hydrogens (tertiary/aromatic N) is 1. The molecule has 0 aliphatic heterocycles. The third-order valence-electron chi connectivity index (χ3n) is 3.94. The zero-order valence-corrected chi connectivity index (χ0v) is 11.3. The Bertz CT molecular complexity index is 371. The first kappa shape index (κ1) is 13.4. The SMILES string of the molecule is CCC(N)c1ccc(N(C)CC2CC(O)C2)cc1. The molecule has 0 spiro atoms. The minimum atomic E-state index is -0.0617. The Morgan fingerprint density at radius 3 is 2.44 bits per heavy atom. The van der Waals surface area contributed by atoms with Crippen LogP contribution in [-0.2, 0) is 0 Å². The van der Waals surface area contributed by atoms with E-state index < -0.39 is 0 Å². The Morgan fingerprint density at radius 1 is 1.33 bits per heavy atom. The molecule has 2 rings (SSSR count). The maximum atomic E-state index is 9.29. The summed E-state index contributed by atoms with van der Waals surface area (Å²) in [6, 6.07) is 8.66. The van der Waals surface area contributed by atoms with Crippen molar-refractivity contribution in [3.05, 3.63) is 29.8 Å². The topological polar surface area (TPSA) is 49.5 Å². The van der Waals surface area contributed by atoms with E-state index in [1.54, 1.807) is 0 Å². The van der Waals surface area contributed by atoms with Crippen molar-refractivity contribution in [1.29, 1.82) is 0 Å². The van der Waals surface area contributed by atoms with E-state index >= 15 is 0 Å². The molecule has 3 N–H and O–H groups in total. The zero-order valence-electron chi connectivity index (χ0n) is 11.3. The molecule has 1 aliphatic rings. The second kappa shape index (κ2) is 5.72. The van der Waals surface area contributed by atoms with E-state index in [0.29, 0.717) is 5.92 Å². The van der Waals surface area contributed by atoms with E-state index in [0.717, 1.165) is 25.8 Å². The van der Waals surface area contributed by atoms with Crippen LogP contribution in [0.3, 0.4) is 0 Å². The molecule has 3 nitrogen and oxygen atoms in total. The first-order valence-electron chi connectivity index (χ1n) is 6.85. The number of aliphatic hydroxyl groups is 1. The molecule has 1 aromatic rings. The van der Waals surface area contributed by atoms with Crippen LogP contribution >= 0.6 is 0 Å². The van der Waals surface area contributed by atoms with Crippen LogP contribution in [0, 0.1) is 5.92 Å². The van der Waals surface area contributed by atoms with Crippen molar-refractivity contribution in [2.75, 3.05) is 18.5 Å². The lowest BCUT2D eigenvalue weighted by atomic mass is 9.82. The van der Waals surface area contributed by atoms with Gasteiger partial charge in [0.05, 0.1) is 6.10 Å². The van der Waals surface area contributed by atoms with Gasteiger partial charge in [-0.05, 0) is 42.9 Å². The lowest BCUT2D eigenvalue weighted by molar-refractivity contribution is 0.0465. The molecule has 1 saturated carbocycles. The maximum absolute atomic E-state index is 9.29. The number of rotatable bonds is 5. The van der Waals surface area contributed by atoms with Crippen molar-refractivity contribution in [1.82, 2.24) is 0 Å². The average molecular weight is 248 g/mol. The van der Waals surface area contributed by atoms with Crippen LogP contribution in [0.2, 0.25) is 0 Å². The van der Waals surface area contributed by atoms with Crippen molar-refractivity contribution in [3.8, 4) is 0 Å². The van der Waals surface area contributed by atoms with Gasteiger partial charge in [-0.2, -0.15) is 0 Å². The normalized spacial score (nSPS) is 24.4. The first-order chi connectivity index (χ1) is 8.60. The van der Waals surface area contributed by atoms with Crippen LogP contribution < -0.4 is 10.6 Å². The quantitative estimate of drug-likeness (QED) is 0.840. The van der Waals surface area contributed by atoms with E-state index in [2.05, 4.69) is 43.1 Å². The molecular formula is C15H24N2O. The second-order valence-corrected chi connectivity index (χ2v) is 5.48. The van der Waals surface area contributed by atoms with Gasteiger partial charge < -0.3 is 15.7 Å². The summed E-state index contributed by atoms with van der Waals surface area (Å²) in [5.41, 5.74) is 8.43. The van der Waals surface area contributed by atoms with Crippen LogP contribution in [0.5, 0.6) is 0 Å². The minimum absolute atomic E-state index is 0.0617. The van der Waals surface area contributed by atoms with E-state index in [4.69, 9.17) is 5.73 Å². The molecule has 0 amide bonds. The highest BCUT2D eigenvalue weighted by Crippen LogP contribution is 2.29. The van der Waals surface area contributed by atoms with Crippen molar-refractivity contribution >= 4 is 5.69 Å². The summed E-state index contributed by atoms with van der Waals surface area (Å²) in [5.74, 6) is 0.641. The molecule has 1 aromatic carbocycles. The molecule has 100 valence electrons. The lowest BCUT2D eigenvalue weighted by Crippen LogP contribution is -2.37. The fraction of sp³-hybridized carbons (Fsp3) is 0.600. The van der Waals surface area contributed by atoms with Gasteiger partial charge in [-0.25, -0.2) is 0 Å². The van der Waals surface area contributed by atoms with Crippen LogP contribution in [0.25, 0.3) is 0 Å². The predicted molar refractivity (Wildman–Crippen MR) is 75.7 cm³/mol. The average Bonchev–Trinajstić information content (AvgIpc) is 2.36. The van der Waals surface area contributed by atoms with Gasteiger partial charge in [0, 0.05) is 25.3 Å². The monoisotopic (exact) mass is 248 g/mol. The van der Waals surface area contributed by atoms with Gasteiger partial charge in [0.2, 0.25) is 0 Å². The lowest BCUT2D eigenvalue weighted by Gasteiger charge is -2.35. The standard InChI is InChI=1S/C15H24N2O/c1-3-15(16)12-4-6-13(7-5-12)17(2)10-11-8-14(18)9-11/h4-7,11,14-15,18H,3,8-10,16H2,1-2H3. The molecule has 1 unspecified atom stereocenters. The smallest absolute Gasteiger partial charge is 0.0546 e. The van der Waals surface area contributed by atoms with Crippen molar-refractivity contribution in [3.63, 3.8) is 0 Å². The molecule has 0 bridgehead atoms. The number of benzene rings is 1. The van der Waals surface area contributed by atoms with E-state index in [1.165, 1.54) is 11.3 Å². The highest BCUT2D eigenvalue weighted by Gasteiger charge is 2.27. The summed E-state index contributed by atoms with van der Waals surface area (Å²) >= 11 is 0. The zero-order chi connectivity index (χ0) is 13.1. The molecule has 3 heteroatoms. The molecule has 0 heterocycles. The van der Waals surface area contributed by atoms with E-state index in [1.807, 2.05) is 0 Å². The minimum Gasteiger partial charge on any atom is -0.393 e. The third-order valence-corrected chi connectivity index (χ3v) is 3.94. The summed E-state index contributed by atoms with van der Waals surface area (Å²) < 4.78 is 0. The summed E-state index contributed by atoms with van der Waals surface area (Å²) in [5, 5.41) is 9.29. The van der Waals surface area contributed by atoms with E-state index in [9.17, 15) is 5.11 Å². The summed E-state index contributed by atoms with van der Waals surface area (Å²) in [4.78, 5) is 2.26. The first-order valence-corrected chi connectivity index (χ1v) is 6.85. The second-order valence-electron chi connectivity index (χ2n) is 5.48. The number of anilines is 1. The van der Waals surface area contributed by atoms with E-state index in [-0.39, 0.29) is 12.1 Å². The molecule has 0 aromatic heterocycles. The Hall–Kier alpha value is -1.06. The number of hydrogen-bond donors (Lipinski definition) is 2. The molecule has 0 saturated heterocycles. The van der Waals surface area contributed by atoms with Gasteiger partial charge in [0.15, 0.2) is 0 Å². The Kier molecular flexibility index (Phi) is 4.25. The molecule has 18 heavy (non-hydrogen) atoms. The molecule has 1 aliphatic carbocycles. The largest absolute Gasteiger partial charge is 0.393 e. The van der Waals surface area contributed by atoms with Crippen molar-refractivity contribution < 1.29 is 5.11 Å². The van der Waals surface area contributed by atoms with Gasteiger partial charge in [-0.3, -0.25) is 0 Å².